The Morgan fingerprint density at radius 3 is 2.82 bits per heavy atom. The molecule has 0 unspecified atom stereocenters. The Kier molecular flexibility index (Phi) is 3.44. The second kappa shape index (κ2) is 4.85. The minimum absolute atomic E-state index is 0.511. The van der Waals surface area contributed by atoms with Crippen LogP contribution in [0, 0.1) is 12.3 Å². The molecule has 0 bridgehead atoms. The number of imidazole rings is 1. The maximum atomic E-state index is 5.39. The summed E-state index contributed by atoms with van der Waals surface area (Å²) in [6.45, 7) is 4.91. The summed E-state index contributed by atoms with van der Waals surface area (Å²) in [7, 11) is 0. The van der Waals surface area contributed by atoms with Crippen molar-refractivity contribution in [3.05, 3.63) is 29.6 Å². The van der Waals surface area contributed by atoms with Crippen LogP contribution in [0.1, 0.15) is 31.2 Å². The zero-order chi connectivity index (χ0) is 12.4. The minimum Gasteiger partial charge on any atom is -0.315 e. The van der Waals surface area contributed by atoms with Gasteiger partial charge in [-0.15, -0.1) is 6.42 Å². The molecular formula is C14H16N2S. The van der Waals surface area contributed by atoms with Crippen LogP contribution in [0.15, 0.2) is 18.2 Å². The molecule has 0 aliphatic heterocycles. The lowest BCUT2D eigenvalue weighted by atomic mass is 10.0. The number of rotatable bonds is 3. The van der Waals surface area contributed by atoms with E-state index in [1.807, 2.05) is 4.57 Å². The monoisotopic (exact) mass is 244 g/mol. The summed E-state index contributed by atoms with van der Waals surface area (Å²) in [6.07, 6.45) is 5.39. The van der Waals surface area contributed by atoms with Gasteiger partial charge in [-0.05, 0) is 23.6 Å². The van der Waals surface area contributed by atoms with Crippen LogP contribution in [0.4, 0.5) is 0 Å². The molecule has 0 spiro atoms. The summed E-state index contributed by atoms with van der Waals surface area (Å²) < 4.78 is 2.05. The highest BCUT2D eigenvalue weighted by atomic mass is 32.1. The summed E-state index contributed by atoms with van der Waals surface area (Å²) in [4.78, 5) is 4.58. The molecule has 0 N–H and O–H groups in total. The SMILES string of the molecule is C#CCn1c(CS)nc2cc(C(C)C)ccc21. The van der Waals surface area contributed by atoms with Crippen LogP contribution >= 0.6 is 12.6 Å². The second-order valence-electron chi connectivity index (χ2n) is 4.38. The molecule has 0 fully saturated rings. The number of hydrogen-bond acceptors (Lipinski definition) is 2. The Labute approximate surface area is 107 Å². The van der Waals surface area contributed by atoms with E-state index in [2.05, 4.69) is 55.6 Å². The lowest BCUT2D eigenvalue weighted by molar-refractivity contribution is 0.817. The van der Waals surface area contributed by atoms with E-state index in [-0.39, 0.29) is 0 Å². The predicted octanol–water partition coefficient (Wildman–Crippen LogP) is 3.22. The van der Waals surface area contributed by atoms with Crippen molar-refractivity contribution in [2.75, 3.05) is 0 Å². The zero-order valence-corrected chi connectivity index (χ0v) is 11.0. The average Bonchev–Trinajstić information content (AvgIpc) is 2.67. The van der Waals surface area contributed by atoms with Gasteiger partial charge in [0.25, 0.3) is 0 Å². The van der Waals surface area contributed by atoms with Gasteiger partial charge in [-0.1, -0.05) is 25.8 Å². The minimum atomic E-state index is 0.511. The van der Waals surface area contributed by atoms with Crippen molar-refractivity contribution >= 4 is 23.7 Å². The highest BCUT2D eigenvalue weighted by molar-refractivity contribution is 7.79. The van der Waals surface area contributed by atoms with E-state index in [0.717, 1.165) is 16.9 Å². The molecule has 0 aliphatic carbocycles. The highest BCUT2D eigenvalue weighted by Crippen LogP contribution is 2.22. The number of hydrogen-bond donors (Lipinski definition) is 1. The fraction of sp³-hybridized carbons (Fsp3) is 0.357. The van der Waals surface area contributed by atoms with E-state index in [1.54, 1.807) is 0 Å². The van der Waals surface area contributed by atoms with E-state index in [1.165, 1.54) is 5.56 Å². The first-order valence-electron chi connectivity index (χ1n) is 5.70. The summed E-state index contributed by atoms with van der Waals surface area (Å²) in [5.74, 6) is 4.71. The molecule has 88 valence electrons. The molecule has 3 heteroatoms. The number of thiol groups is 1. The van der Waals surface area contributed by atoms with E-state index >= 15 is 0 Å². The molecule has 0 saturated heterocycles. The number of benzene rings is 1. The molecule has 17 heavy (non-hydrogen) atoms. The van der Waals surface area contributed by atoms with Crippen LogP contribution in [0.5, 0.6) is 0 Å². The Morgan fingerprint density at radius 2 is 2.24 bits per heavy atom. The molecule has 1 heterocycles. The molecule has 2 rings (SSSR count). The topological polar surface area (TPSA) is 17.8 Å². The van der Waals surface area contributed by atoms with Gasteiger partial charge in [0.05, 0.1) is 17.6 Å². The Balaban J connectivity index is 2.62. The van der Waals surface area contributed by atoms with Gasteiger partial charge in [-0.25, -0.2) is 4.98 Å². The van der Waals surface area contributed by atoms with Crippen LogP contribution in [0.25, 0.3) is 11.0 Å². The molecule has 0 atom stereocenters. The fourth-order valence-electron chi connectivity index (χ4n) is 1.94. The van der Waals surface area contributed by atoms with Crippen LogP contribution in [0.2, 0.25) is 0 Å². The quantitative estimate of drug-likeness (QED) is 0.648. The van der Waals surface area contributed by atoms with Gasteiger partial charge in [-0.2, -0.15) is 12.6 Å². The largest absolute Gasteiger partial charge is 0.315 e. The van der Waals surface area contributed by atoms with Gasteiger partial charge >= 0.3 is 0 Å². The van der Waals surface area contributed by atoms with Gasteiger partial charge < -0.3 is 4.57 Å². The van der Waals surface area contributed by atoms with Crippen LogP contribution < -0.4 is 0 Å². The summed E-state index contributed by atoms with van der Waals surface area (Å²) >= 11 is 4.30. The Hall–Kier alpha value is -1.40. The van der Waals surface area contributed by atoms with Gasteiger partial charge in [0, 0.05) is 5.75 Å². The average molecular weight is 244 g/mol. The van der Waals surface area contributed by atoms with Crippen molar-refractivity contribution in [2.45, 2.75) is 32.1 Å². The summed E-state index contributed by atoms with van der Waals surface area (Å²) in [6, 6.07) is 6.38. The van der Waals surface area contributed by atoms with Crippen LogP contribution in [0.3, 0.4) is 0 Å². The van der Waals surface area contributed by atoms with Crippen molar-refractivity contribution < 1.29 is 0 Å². The Morgan fingerprint density at radius 1 is 1.47 bits per heavy atom. The molecule has 0 amide bonds. The van der Waals surface area contributed by atoms with Crippen molar-refractivity contribution in [1.29, 1.82) is 0 Å². The maximum Gasteiger partial charge on any atom is 0.120 e. The molecule has 1 aromatic heterocycles. The third kappa shape index (κ3) is 2.18. The lowest BCUT2D eigenvalue weighted by Crippen LogP contribution is -2.00. The van der Waals surface area contributed by atoms with Gasteiger partial charge in [0.15, 0.2) is 0 Å². The number of aromatic nitrogens is 2. The van der Waals surface area contributed by atoms with Crippen molar-refractivity contribution in [1.82, 2.24) is 9.55 Å². The first kappa shape index (κ1) is 12.1. The van der Waals surface area contributed by atoms with Crippen LogP contribution in [-0.4, -0.2) is 9.55 Å². The lowest BCUT2D eigenvalue weighted by Gasteiger charge is -2.05. The molecule has 0 saturated carbocycles. The molecule has 2 nitrogen and oxygen atoms in total. The Bertz CT molecular complexity index is 576. The predicted molar refractivity (Wildman–Crippen MR) is 75.3 cm³/mol. The normalized spacial score (nSPS) is 11.0. The molecule has 2 aromatic rings. The maximum absolute atomic E-state index is 5.39. The second-order valence-corrected chi connectivity index (χ2v) is 4.70. The van der Waals surface area contributed by atoms with E-state index in [0.29, 0.717) is 18.2 Å². The smallest absolute Gasteiger partial charge is 0.120 e. The van der Waals surface area contributed by atoms with Crippen molar-refractivity contribution in [2.24, 2.45) is 0 Å². The van der Waals surface area contributed by atoms with Crippen LogP contribution in [-0.2, 0) is 12.3 Å². The number of terminal acetylenes is 1. The van der Waals surface area contributed by atoms with Crippen molar-refractivity contribution in [3.8, 4) is 12.3 Å². The van der Waals surface area contributed by atoms with Gasteiger partial charge in [0.1, 0.15) is 5.82 Å². The third-order valence-corrected chi connectivity index (χ3v) is 3.19. The van der Waals surface area contributed by atoms with E-state index in [4.69, 9.17) is 6.42 Å². The number of fused-ring (bicyclic) bond motifs is 1. The van der Waals surface area contributed by atoms with Gasteiger partial charge in [0.2, 0.25) is 0 Å². The molecule has 0 radical (unpaired) electrons. The highest BCUT2D eigenvalue weighted by Gasteiger charge is 2.10. The molecular weight excluding hydrogens is 228 g/mol. The third-order valence-electron chi connectivity index (χ3n) is 2.91. The summed E-state index contributed by atoms with van der Waals surface area (Å²) in [5, 5.41) is 0. The van der Waals surface area contributed by atoms with E-state index in [9.17, 15) is 0 Å². The molecule has 1 aromatic carbocycles. The van der Waals surface area contributed by atoms with Gasteiger partial charge in [-0.3, -0.25) is 0 Å². The van der Waals surface area contributed by atoms with E-state index < -0.39 is 0 Å². The number of nitrogens with zero attached hydrogens (tertiary/aromatic N) is 2. The fourth-order valence-corrected chi connectivity index (χ4v) is 2.19. The van der Waals surface area contributed by atoms with Crippen molar-refractivity contribution in [3.63, 3.8) is 0 Å². The molecule has 0 aliphatic rings. The zero-order valence-electron chi connectivity index (χ0n) is 10.1. The standard InChI is InChI=1S/C14H16N2S/c1-4-7-16-13-6-5-11(10(2)3)8-12(13)15-14(16)9-17/h1,5-6,8,10,17H,7,9H2,2-3H3. The summed E-state index contributed by atoms with van der Waals surface area (Å²) in [5.41, 5.74) is 3.40. The first-order valence-corrected chi connectivity index (χ1v) is 6.34. The first-order chi connectivity index (χ1) is 8.17.